The molecule has 1 heterocycles. The van der Waals surface area contributed by atoms with Gasteiger partial charge in [0.2, 0.25) is 11.8 Å². The van der Waals surface area contributed by atoms with Crippen LogP contribution in [0.4, 0.5) is 0 Å². The standard InChI is InChI=1S/C21H26N2O3/c1-13(18-11-15-4-7-17(18)10-15)22-21(26)16-5-2-14(3-6-16)12-23-19(24)8-9-20(23)25/h2-3,5-6,13,15,17-18H,4,7-12H2,1H3,(H,22,26). The normalized spacial score (nSPS) is 28.7. The zero-order chi connectivity index (χ0) is 18.3. The van der Waals surface area contributed by atoms with Crippen LogP contribution in [0.2, 0.25) is 0 Å². The molecule has 1 N–H and O–H groups in total. The van der Waals surface area contributed by atoms with E-state index in [0.29, 0.717) is 30.9 Å². The second-order valence-electron chi connectivity index (χ2n) is 8.17. The Hall–Kier alpha value is -2.17. The summed E-state index contributed by atoms with van der Waals surface area (Å²) in [6, 6.07) is 7.43. The van der Waals surface area contributed by atoms with Crippen LogP contribution in [-0.4, -0.2) is 28.7 Å². The highest BCUT2D eigenvalue weighted by Crippen LogP contribution is 2.49. The van der Waals surface area contributed by atoms with E-state index >= 15 is 0 Å². The number of carbonyl (C=O) groups excluding carboxylic acids is 3. The summed E-state index contributed by atoms with van der Waals surface area (Å²) in [5.41, 5.74) is 1.49. The smallest absolute Gasteiger partial charge is 0.251 e. The molecule has 2 saturated carbocycles. The van der Waals surface area contributed by atoms with Crippen LogP contribution in [0.5, 0.6) is 0 Å². The van der Waals surface area contributed by atoms with E-state index in [0.717, 1.165) is 17.4 Å². The van der Waals surface area contributed by atoms with E-state index in [4.69, 9.17) is 0 Å². The number of imide groups is 1. The number of nitrogens with one attached hydrogen (secondary N) is 1. The summed E-state index contributed by atoms with van der Waals surface area (Å²) < 4.78 is 0. The summed E-state index contributed by atoms with van der Waals surface area (Å²) in [5, 5.41) is 3.17. The minimum absolute atomic E-state index is 0.0415. The molecule has 4 unspecified atom stereocenters. The van der Waals surface area contributed by atoms with Gasteiger partial charge in [-0.05, 0) is 61.6 Å². The first-order valence-electron chi connectivity index (χ1n) is 9.74. The van der Waals surface area contributed by atoms with Crippen molar-refractivity contribution in [2.24, 2.45) is 17.8 Å². The van der Waals surface area contributed by atoms with Gasteiger partial charge in [0.15, 0.2) is 0 Å². The molecule has 1 aliphatic heterocycles. The van der Waals surface area contributed by atoms with Gasteiger partial charge in [0.1, 0.15) is 0 Å². The minimum Gasteiger partial charge on any atom is -0.349 e. The lowest BCUT2D eigenvalue weighted by Crippen LogP contribution is -2.40. The topological polar surface area (TPSA) is 66.5 Å². The Kier molecular flexibility index (Phi) is 4.55. The first kappa shape index (κ1) is 17.3. The van der Waals surface area contributed by atoms with Crippen LogP contribution in [-0.2, 0) is 16.1 Å². The maximum absolute atomic E-state index is 12.5. The lowest BCUT2D eigenvalue weighted by atomic mass is 9.84. The molecule has 138 valence electrons. The Balaban J connectivity index is 1.35. The molecule has 3 fully saturated rings. The Morgan fingerprint density at radius 3 is 2.38 bits per heavy atom. The Labute approximate surface area is 154 Å². The lowest BCUT2D eigenvalue weighted by molar-refractivity contribution is -0.139. The van der Waals surface area contributed by atoms with Crippen molar-refractivity contribution in [3.05, 3.63) is 35.4 Å². The van der Waals surface area contributed by atoms with E-state index in [9.17, 15) is 14.4 Å². The highest BCUT2D eigenvalue weighted by molar-refractivity contribution is 6.01. The fraction of sp³-hybridized carbons (Fsp3) is 0.571. The zero-order valence-electron chi connectivity index (χ0n) is 15.2. The predicted molar refractivity (Wildman–Crippen MR) is 97.1 cm³/mol. The monoisotopic (exact) mass is 354 g/mol. The summed E-state index contributed by atoms with van der Waals surface area (Å²) in [7, 11) is 0. The quantitative estimate of drug-likeness (QED) is 0.827. The molecular formula is C21H26N2O3. The molecule has 0 spiro atoms. The average molecular weight is 354 g/mol. The molecule has 1 aromatic rings. The van der Waals surface area contributed by atoms with Crippen molar-refractivity contribution < 1.29 is 14.4 Å². The van der Waals surface area contributed by atoms with Crippen molar-refractivity contribution in [1.82, 2.24) is 10.2 Å². The fourth-order valence-corrected chi connectivity index (χ4v) is 5.05. The van der Waals surface area contributed by atoms with E-state index in [1.165, 1.54) is 30.6 Å². The Bertz CT molecular complexity index is 711. The van der Waals surface area contributed by atoms with E-state index in [1.807, 2.05) is 12.1 Å². The summed E-state index contributed by atoms with van der Waals surface area (Å²) in [6.45, 7) is 2.42. The molecule has 26 heavy (non-hydrogen) atoms. The van der Waals surface area contributed by atoms with Gasteiger partial charge in [0.25, 0.3) is 5.91 Å². The molecule has 3 amide bonds. The maximum Gasteiger partial charge on any atom is 0.251 e. The second kappa shape index (κ2) is 6.86. The number of fused-ring (bicyclic) bond motifs is 2. The zero-order valence-corrected chi connectivity index (χ0v) is 15.2. The van der Waals surface area contributed by atoms with Gasteiger partial charge < -0.3 is 5.32 Å². The van der Waals surface area contributed by atoms with E-state index in [1.54, 1.807) is 12.1 Å². The highest BCUT2D eigenvalue weighted by Gasteiger charge is 2.42. The predicted octanol–water partition coefficient (Wildman–Crippen LogP) is 2.89. The first-order valence-corrected chi connectivity index (χ1v) is 9.74. The van der Waals surface area contributed by atoms with Crippen LogP contribution < -0.4 is 5.32 Å². The van der Waals surface area contributed by atoms with Crippen LogP contribution in [0.1, 0.15) is 61.4 Å². The number of amides is 3. The molecule has 3 aliphatic rings. The third-order valence-electron chi connectivity index (χ3n) is 6.51. The molecule has 2 aliphatic carbocycles. The third kappa shape index (κ3) is 3.27. The molecule has 5 heteroatoms. The van der Waals surface area contributed by atoms with Crippen LogP contribution in [0.3, 0.4) is 0 Å². The average Bonchev–Trinajstić information content (AvgIpc) is 3.34. The molecule has 0 radical (unpaired) electrons. The SMILES string of the molecule is CC(NC(=O)c1ccc(CN2C(=O)CCC2=O)cc1)C1CC2CCC1C2. The number of carbonyl (C=O) groups is 3. The molecule has 5 nitrogen and oxygen atoms in total. The lowest BCUT2D eigenvalue weighted by Gasteiger charge is -2.28. The van der Waals surface area contributed by atoms with Gasteiger partial charge in [-0.1, -0.05) is 18.6 Å². The van der Waals surface area contributed by atoms with Crippen LogP contribution >= 0.6 is 0 Å². The van der Waals surface area contributed by atoms with Gasteiger partial charge in [-0.3, -0.25) is 19.3 Å². The number of hydrogen-bond acceptors (Lipinski definition) is 3. The summed E-state index contributed by atoms with van der Waals surface area (Å²) >= 11 is 0. The number of rotatable bonds is 5. The summed E-state index contributed by atoms with van der Waals surface area (Å²) in [4.78, 5) is 37.3. The van der Waals surface area contributed by atoms with Gasteiger partial charge in [0.05, 0.1) is 6.54 Å². The summed E-state index contributed by atoms with van der Waals surface area (Å²) in [6.07, 6.45) is 5.89. The molecule has 1 saturated heterocycles. The number of benzene rings is 1. The van der Waals surface area contributed by atoms with Crippen molar-refractivity contribution >= 4 is 17.7 Å². The molecule has 4 atom stereocenters. The van der Waals surface area contributed by atoms with Crippen LogP contribution in [0.25, 0.3) is 0 Å². The molecule has 2 bridgehead atoms. The van der Waals surface area contributed by atoms with Gasteiger partial charge in [-0.25, -0.2) is 0 Å². The van der Waals surface area contributed by atoms with Gasteiger partial charge in [-0.2, -0.15) is 0 Å². The molecule has 1 aromatic carbocycles. The minimum atomic E-state index is -0.114. The fourth-order valence-electron chi connectivity index (χ4n) is 5.05. The second-order valence-corrected chi connectivity index (χ2v) is 8.17. The third-order valence-corrected chi connectivity index (χ3v) is 6.51. The first-order chi connectivity index (χ1) is 12.5. The van der Waals surface area contributed by atoms with E-state index < -0.39 is 0 Å². The van der Waals surface area contributed by atoms with Gasteiger partial charge in [-0.15, -0.1) is 0 Å². The van der Waals surface area contributed by atoms with Gasteiger partial charge >= 0.3 is 0 Å². The van der Waals surface area contributed by atoms with Crippen LogP contribution in [0.15, 0.2) is 24.3 Å². The number of hydrogen-bond donors (Lipinski definition) is 1. The Morgan fingerprint density at radius 2 is 1.81 bits per heavy atom. The summed E-state index contributed by atoms with van der Waals surface area (Å²) in [5.74, 6) is 2.00. The van der Waals surface area contributed by atoms with Crippen molar-refractivity contribution in [3.63, 3.8) is 0 Å². The van der Waals surface area contributed by atoms with Crippen molar-refractivity contribution in [2.75, 3.05) is 0 Å². The number of likely N-dealkylation sites (tertiary alicyclic amines) is 1. The largest absolute Gasteiger partial charge is 0.349 e. The van der Waals surface area contributed by atoms with Crippen molar-refractivity contribution in [2.45, 2.75) is 58.0 Å². The number of nitrogens with zero attached hydrogens (tertiary/aromatic N) is 1. The molecular weight excluding hydrogens is 328 g/mol. The maximum atomic E-state index is 12.5. The van der Waals surface area contributed by atoms with Crippen molar-refractivity contribution in [3.8, 4) is 0 Å². The van der Waals surface area contributed by atoms with Crippen molar-refractivity contribution in [1.29, 1.82) is 0 Å². The van der Waals surface area contributed by atoms with E-state index in [2.05, 4.69) is 12.2 Å². The van der Waals surface area contributed by atoms with Crippen LogP contribution in [0, 0.1) is 17.8 Å². The van der Waals surface area contributed by atoms with Gasteiger partial charge in [0, 0.05) is 24.4 Å². The highest BCUT2D eigenvalue weighted by atomic mass is 16.2. The Morgan fingerprint density at radius 1 is 1.12 bits per heavy atom. The molecule has 4 rings (SSSR count). The van der Waals surface area contributed by atoms with E-state index in [-0.39, 0.29) is 23.8 Å². The molecule has 0 aromatic heterocycles.